The van der Waals surface area contributed by atoms with Gasteiger partial charge < -0.3 is 15.7 Å². The molecular weight excluding hydrogens is 409 g/mol. The zero-order valence-corrected chi connectivity index (χ0v) is 15.3. The number of rotatable bonds is 3. The van der Waals surface area contributed by atoms with E-state index in [1.165, 1.54) is 30.3 Å². The summed E-state index contributed by atoms with van der Waals surface area (Å²) in [4.78, 5) is 13.0. The molecule has 0 unspecified atom stereocenters. The SMILES string of the molecule is O=C(c1cccs1)[C@@H]1[C@@H](c2ccc(Cl)cc2)NC(=S)N[C@]1(O)C(F)(F)F. The van der Waals surface area contributed by atoms with Crippen molar-refractivity contribution >= 4 is 46.1 Å². The summed E-state index contributed by atoms with van der Waals surface area (Å²) in [6.45, 7) is 0. The molecule has 3 rings (SSSR count). The molecule has 3 atom stereocenters. The molecule has 1 aliphatic heterocycles. The lowest BCUT2D eigenvalue weighted by Crippen LogP contribution is -2.72. The van der Waals surface area contributed by atoms with Crippen LogP contribution in [0.1, 0.15) is 21.3 Å². The predicted octanol–water partition coefficient (Wildman–Crippen LogP) is 3.67. The molecule has 0 saturated carbocycles. The highest BCUT2D eigenvalue weighted by Gasteiger charge is 2.65. The molecule has 10 heteroatoms. The number of halogens is 4. The number of aliphatic hydroxyl groups is 1. The number of thiophene rings is 1. The fourth-order valence-corrected chi connectivity index (χ4v) is 3.97. The Morgan fingerprint density at radius 2 is 1.92 bits per heavy atom. The van der Waals surface area contributed by atoms with Gasteiger partial charge in [-0.1, -0.05) is 29.8 Å². The summed E-state index contributed by atoms with van der Waals surface area (Å²) in [7, 11) is 0. The van der Waals surface area contributed by atoms with Gasteiger partial charge in [-0.3, -0.25) is 4.79 Å². The molecule has 0 aliphatic carbocycles. The number of hydrogen-bond acceptors (Lipinski definition) is 4. The van der Waals surface area contributed by atoms with Crippen molar-refractivity contribution in [3.63, 3.8) is 0 Å². The molecule has 1 saturated heterocycles. The van der Waals surface area contributed by atoms with E-state index in [0.29, 0.717) is 10.6 Å². The number of Topliss-reactive ketones (excluding diaryl/α,β-unsaturated/α-hetero) is 1. The average molecular weight is 421 g/mol. The van der Waals surface area contributed by atoms with Gasteiger partial charge >= 0.3 is 6.18 Å². The molecule has 0 amide bonds. The Hall–Kier alpha value is -1.68. The van der Waals surface area contributed by atoms with Crippen LogP contribution in [-0.4, -0.2) is 27.9 Å². The molecule has 2 heterocycles. The van der Waals surface area contributed by atoms with Crippen molar-refractivity contribution in [2.45, 2.75) is 17.9 Å². The molecule has 3 N–H and O–H groups in total. The molecule has 0 bridgehead atoms. The Morgan fingerprint density at radius 1 is 1.27 bits per heavy atom. The lowest BCUT2D eigenvalue weighted by atomic mass is 9.79. The summed E-state index contributed by atoms with van der Waals surface area (Å²) < 4.78 is 41.2. The van der Waals surface area contributed by atoms with Crippen LogP contribution in [0, 0.1) is 5.92 Å². The van der Waals surface area contributed by atoms with Crippen LogP contribution in [0.3, 0.4) is 0 Å². The van der Waals surface area contributed by atoms with E-state index in [9.17, 15) is 23.1 Å². The molecule has 1 fully saturated rings. The van der Waals surface area contributed by atoms with E-state index in [1.54, 1.807) is 11.4 Å². The first-order chi connectivity index (χ1) is 12.1. The molecule has 2 aromatic rings. The normalized spacial score (nSPS) is 26.1. The molecular formula is C16H12ClF3N2O2S2. The first kappa shape index (κ1) is 19.1. The predicted molar refractivity (Wildman–Crippen MR) is 96.2 cm³/mol. The maximum absolute atomic E-state index is 13.7. The third kappa shape index (κ3) is 3.32. The number of alkyl halides is 3. The maximum Gasteiger partial charge on any atom is 0.437 e. The van der Waals surface area contributed by atoms with Gasteiger partial charge in [0.15, 0.2) is 10.9 Å². The monoisotopic (exact) mass is 420 g/mol. The lowest BCUT2D eigenvalue weighted by Gasteiger charge is -2.46. The van der Waals surface area contributed by atoms with Crippen LogP contribution in [-0.2, 0) is 0 Å². The molecule has 1 aliphatic rings. The standard InChI is InChI=1S/C16H12ClF3N2O2S2/c17-9-5-3-8(4-6-9)12-11(13(23)10-2-1-7-26-10)15(24,16(18,19)20)22-14(25)21-12/h1-7,11-12,24H,(H2,21,22,25)/t11-,12+,15+/m0/s1. The van der Waals surface area contributed by atoms with Gasteiger partial charge in [0.2, 0.25) is 5.72 Å². The third-order valence-electron chi connectivity index (χ3n) is 4.08. The first-order valence-electron chi connectivity index (χ1n) is 7.34. The van der Waals surface area contributed by atoms with Crippen LogP contribution in [0.5, 0.6) is 0 Å². The molecule has 0 spiro atoms. The number of ketones is 1. The van der Waals surface area contributed by atoms with E-state index in [4.69, 9.17) is 23.8 Å². The van der Waals surface area contributed by atoms with Gasteiger partial charge in [-0.05, 0) is 41.4 Å². The van der Waals surface area contributed by atoms with Crippen LogP contribution < -0.4 is 10.6 Å². The summed E-state index contributed by atoms with van der Waals surface area (Å²) in [5, 5.41) is 16.6. The number of carbonyl (C=O) groups is 1. The Morgan fingerprint density at radius 3 is 2.46 bits per heavy atom. The number of thiocarbonyl (C=S) groups is 1. The van der Waals surface area contributed by atoms with Crippen LogP contribution in [0.4, 0.5) is 13.2 Å². The van der Waals surface area contributed by atoms with Gasteiger partial charge in [0.05, 0.1) is 10.9 Å². The van der Waals surface area contributed by atoms with Crippen molar-refractivity contribution in [1.82, 2.24) is 10.6 Å². The van der Waals surface area contributed by atoms with Gasteiger partial charge in [-0.2, -0.15) is 13.2 Å². The Bertz CT molecular complexity index is 827. The summed E-state index contributed by atoms with van der Waals surface area (Å²) in [5.74, 6) is -2.74. The highest BCUT2D eigenvalue weighted by Crippen LogP contribution is 2.44. The Balaban J connectivity index is 2.14. The van der Waals surface area contributed by atoms with Crippen molar-refractivity contribution in [3.05, 3.63) is 57.2 Å². The third-order valence-corrected chi connectivity index (χ3v) is 5.44. The van der Waals surface area contributed by atoms with Crippen LogP contribution in [0.25, 0.3) is 0 Å². The number of hydrogen-bond donors (Lipinski definition) is 3. The quantitative estimate of drug-likeness (QED) is 0.522. The Labute approximate surface area is 161 Å². The minimum Gasteiger partial charge on any atom is -0.363 e. The van der Waals surface area contributed by atoms with Gasteiger partial charge in [0.1, 0.15) is 5.92 Å². The summed E-state index contributed by atoms with van der Waals surface area (Å²) in [5.41, 5.74) is -3.17. The van der Waals surface area contributed by atoms with E-state index in [-0.39, 0.29) is 4.88 Å². The van der Waals surface area contributed by atoms with Gasteiger partial charge in [0, 0.05) is 5.02 Å². The molecule has 1 aromatic carbocycles. The zero-order chi connectivity index (χ0) is 19.1. The molecule has 26 heavy (non-hydrogen) atoms. The fraction of sp³-hybridized carbons (Fsp3) is 0.250. The maximum atomic E-state index is 13.7. The second-order valence-electron chi connectivity index (χ2n) is 5.71. The van der Waals surface area contributed by atoms with E-state index < -0.39 is 34.8 Å². The van der Waals surface area contributed by atoms with Crippen molar-refractivity contribution in [3.8, 4) is 0 Å². The summed E-state index contributed by atoms with van der Waals surface area (Å²) in [6.07, 6.45) is -5.14. The van der Waals surface area contributed by atoms with Crippen molar-refractivity contribution in [1.29, 1.82) is 0 Å². The average Bonchev–Trinajstić information content (AvgIpc) is 3.08. The van der Waals surface area contributed by atoms with Crippen LogP contribution in [0.15, 0.2) is 41.8 Å². The largest absolute Gasteiger partial charge is 0.437 e. The second-order valence-corrected chi connectivity index (χ2v) is 7.50. The Kier molecular flexibility index (Phi) is 5.00. The van der Waals surface area contributed by atoms with E-state index in [0.717, 1.165) is 11.3 Å². The van der Waals surface area contributed by atoms with Crippen LogP contribution >= 0.6 is 35.2 Å². The molecule has 4 nitrogen and oxygen atoms in total. The van der Waals surface area contributed by atoms with Gasteiger partial charge in [0.25, 0.3) is 0 Å². The molecule has 1 aromatic heterocycles. The number of carbonyl (C=O) groups excluding carboxylic acids is 1. The van der Waals surface area contributed by atoms with Crippen molar-refractivity contribution in [2.75, 3.05) is 0 Å². The van der Waals surface area contributed by atoms with Gasteiger partial charge in [-0.25, -0.2) is 0 Å². The zero-order valence-electron chi connectivity index (χ0n) is 12.9. The smallest absolute Gasteiger partial charge is 0.363 e. The highest BCUT2D eigenvalue weighted by atomic mass is 35.5. The number of nitrogens with one attached hydrogen (secondary N) is 2. The van der Waals surface area contributed by atoms with Crippen molar-refractivity contribution in [2.24, 2.45) is 5.92 Å². The fourth-order valence-electron chi connectivity index (χ4n) is 2.86. The lowest BCUT2D eigenvalue weighted by molar-refractivity contribution is -0.285. The van der Waals surface area contributed by atoms with E-state index in [2.05, 4.69) is 5.32 Å². The molecule has 138 valence electrons. The molecule has 0 radical (unpaired) electrons. The summed E-state index contributed by atoms with van der Waals surface area (Å²) >= 11 is 11.7. The minimum absolute atomic E-state index is 0.105. The van der Waals surface area contributed by atoms with Gasteiger partial charge in [-0.15, -0.1) is 11.3 Å². The second kappa shape index (κ2) is 6.80. The minimum atomic E-state index is -5.14. The van der Waals surface area contributed by atoms with E-state index in [1.807, 2.05) is 5.32 Å². The number of benzene rings is 1. The topological polar surface area (TPSA) is 61.4 Å². The first-order valence-corrected chi connectivity index (χ1v) is 9.01. The van der Waals surface area contributed by atoms with Crippen LogP contribution in [0.2, 0.25) is 5.02 Å². The van der Waals surface area contributed by atoms with Crippen molar-refractivity contribution < 1.29 is 23.1 Å². The van der Waals surface area contributed by atoms with E-state index >= 15 is 0 Å². The summed E-state index contributed by atoms with van der Waals surface area (Å²) in [6, 6.07) is 7.72. The highest BCUT2D eigenvalue weighted by molar-refractivity contribution is 7.80.